The van der Waals surface area contributed by atoms with E-state index in [0.29, 0.717) is 12.1 Å². The largest absolute Gasteiger partial charge is 0.348 e. The highest BCUT2D eigenvalue weighted by Crippen LogP contribution is 2.22. The molecule has 8 heteroatoms. The molecule has 2 aromatic carbocycles. The Morgan fingerprint density at radius 2 is 1.71 bits per heavy atom. The standard InChI is InChI=1S/C20H21N3O3S2/c1-14-22-19(13-27-14)16-6-4-15(5-7-16)12-21-20(24)17-8-10-18(11-9-17)28(25,26)23(2)3/h4-11,13H,12H2,1-3H3,(H,21,24). The van der Waals surface area contributed by atoms with Crippen LogP contribution in [0.3, 0.4) is 0 Å². The van der Waals surface area contributed by atoms with E-state index < -0.39 is 10.0 Å². The second-order valence-corrected chi connectivity index (χ2v) is 9.66. The molecule has 0 aliphatic rings. The average Bonchev–Trinajstić information content (AvgIpc) is 3.13. The first-order chi connectivity index (χ1) is 13.3. The molecule has 3 aromatic rings. The predicted octanol–water partition coefficient (Wildman–Crippen LogP) is 3.30. The van der Waals surface area contributed by atoms with Gasteiger partial charge in [0.05, 0.1) is 15.6 Å². The second kappa shape index (κ2) is 8.22. The molecule has 0 aliphatic carbocycles. The smallest absolute Gasteiger partial charge is 0.251 e. The molecule has 6 nitrogen and oxygen atoms in total. The third-order valence-corrected chi connectivity index (χ3v) is 6.82. The van der Waals surface area contributed by atoms with Crippen molar-refractivity contribution < 1.29 is 13.2 Å². The van der Waals surface area contributed by atoms with Crippen molar-refractivity contribution in [3.8, 4) is 11.3 Å². The summed E-state index contributed by atoms with van der Waals surface area (Å²) in [5, 5.41) is 5.89. The number of hydrogen-bond donors (Lipinski definition) is 1. The summed E-state index contributed by atoms with van der Waals surface area (Å²) in [5.41, 5.74) is 3.37. The minimum Gasteiger partial charge on any atom is -0.348 e. The van der Waals surface area contributed by atoms with Crippen LogP contribution >= 0.6 is 11.3 Å². The fourth-order valence-electron chi connectivity index (χ4n) is 2.56. The molecule has 28 heavy (non-hydrogen) atoms. The van der Waals surface area contributed by atoms with E-state index in [2.05, 4.69) is 10.3 Å². The molecule has 1 N–H and O–H groups in total. The summed E-state index contributed by atoms with van der Waals surface area (Å²) in [7, 11) is -0.565. The fraction of sp³-hybridized carbons (Fsp3) is 0.200. The van der Waals surface area contributed by atoms with E-state index in [0.717, 1.165) is 26.1 Å². The molecule has 0 saturated heterocycles. The van der Waals surface area contributed by atoms with Gasteiger partial charge in [-0.15, -0.1) is 11.3 Å². The number of aromatic nitrogens is 1. The van der Waals surface area contributed by atoms with Crippen LogP contribution in [0.1, 0.15) is 20.9 Å². The SMILES string of the molecule is Cc1nc(-c2ccc(CNC(=O)c3ccc(S(=O)(=O)N(C)C)cc3)cc2)cs1. The molecular formula is C20H21N3O3S2. The molecule has 0 fully saturated rings. The lowest BCUT2D eigenvalue weighted by Gasteiger charge is -2.11. The molecule has 0 radical (unpaired) electrons. The van der Waals surface area contributed by atoms with Crippen molar-refractivity contribution in [2.24, 2.45) is 0 Å². The zero-order chi connectivity index (χ0) is 20.3. The quantitative estimate of drug-likeness (QED) is 0.670. The van der Waals surface area contributed by atoms with Crippen molar-refractivity contribution in [1.29, 1.82) is 0 Å². The molecule has 1 aromatic heterocycles. The lowest BCUT2D eigenvalue weighted by atomic mass is 10.1. The Bertz CT molecular complexity index is 1070. The van der Waals surface area contributed by atoms with Gasteiger partial charge in [0.15, 0.2) is 0 Å². The molecule has 1 amide bonds. The Morgan fingerprint density at radius 3 is 2.25 bits per heavy atom. The monoisotopic (exact) mass is 415 g/mol. The Balaban J connectivity index is 1.62. The number of carbonyl (C=O) groups excluding carboxylic acids is 1. The van der Waals surface area contributed by atoms with Gasteiger partial charge < -0.3 is 5.32 Å². The van der Waals surface area contributed by atoms with Gasteiger partial charge in [-0.05, 0) is 36.8 Å². The highest BCUT2D eigenvalue weighted by atomic mass is 32.2. The number of benzene rings is 2. The molecule has 0 aliphatic heterocycles. The average molecular weight is 416 g/mol. The minimum atomic E-state index is -3.50. The van der Waals surface area contributed by atoms with Gasteiger partial charge in [-0.3, -0.25) is 4.79 Å². The molecule has 0 atom stereocenters. The Morgan fingerprint density at radius 1 is 1.07 bits per heavy atom. The number of hydrogen-bond acceptors (Lipinski definition) is 5. The molecule has 1 heterocycles. The van der Waals surface area contributed by atoms with Crippen molar-refractivity contribution in [1.82, 2.24) is 14.6 Å². The summed E-state index contributed by atoms with van der Waals surface area (Å²) >= 11 is 1.61. The van der Waals surface area contributed by atoms with E-state index in [1.807, 2.05) is 36.6 Å². The maximum absolute atomic E-state index is 12.3. The van der Waals surface area contributed by atoms with E-state index in [4.69, 9.17) is 0 Å². The van der Waals surface area contributed by atoms with Crippen LogP contribution in [0.2, 0.25) is 0 Å². The van der Waals surface area contributed by atoms with E-state index >= 15 is 0 Å². The van der Waals surface area contributed by atoms with Gasteiger partial charge >= 0.3 is 0 Å². The van der Waals surface area contributed by atoms with Crippen molar-refractivity contribution in [3.05, 3.63) is 70.0 Å². The molecule has 3 rings (SSSR count). The van der Waals surface area contributed by atoms with Crippen molar-refractivity contribution in [2.75, 3.05) is 14.1 Å². The van der Waals surface area contributed by atoms with Gasteiger partial charge in [-0.25, -0.2) is 17.7 Å². The highest BCUT2D eigenvalue weighted by molar-refractivity contribution is 7.89. The minimum absolute atomic E-state index is 0.155. The lowest BCUT2D eigenvalue weighted by molar-refractivity contribution is 0.0951. The Hall–Kier alpha value is -2.55. The number of thiazole rings is 1. The van der Waals surface area contributed by atoms with Crippen LogP contribution in [-0.2, 0) is 16.6 Å². The summed E-state index contributed by atoms with van der Waals surface area (Å²) in [4.78, 5) is 16.9. The Kier molecular flexibility index (Phi) is 5.93. The molecule has 0 bridgehead atoms. The normalized spacial score (nSPS) is 11.6. The predicted molar refractivity (Wildman–Crippen MR) is 111 cm³/mol. The molecule has 0 saturated carbocycles. The van der Waals surface area contributed by atoms with Gasteiger partial charge in [-0.1, -0.05) is 24.3 Å². The number of amides is 1. The van der Waals surface area contributed by atoms with E-state index in [1.165, 1.54) is 38.4 Å². The van der Waals surface area contributed by atoms with E-state index in [9.17, 15) is 13.2 Å². The topological polar surface area (TPSA) is 79.4 Å². The summed E-state index contributed by atoms with van der Waals surface area (Å²) in [6, 6.07) is 13.8. The van der Waals surface area contributed by atoms with Crippen LogP contribution < -0.4 is 5.32 Å². The summed E-state index contributed by atoms with van der Waals surface area (Å²) in [5.74, 6) is -0.256. The molecule has 0 spiro atoms. The number of sulfonamides is 1. The lowest BCUT2D eigenvalue weighted by Crippen LogP contribution is -2.24. The van der Waals surface area contributed by atoms with Gasteiger partial charge in [0, 0.05) is 37.1 Å². The third kappa shape index (κ3) is 4.46. The molecule has 0 unspecified atom stereocenters. The van der Waals surface area contributed by atoms with Crippen LogP contribution in [0, 0.1) is 6.92 Å². The number of rotatable bonds is 6. The van der Waals surface area contributed by atoms with E-state index in [1.54, 1.807) is 11.3 Å². The number of nitrogens with zero attached hydrogens (tertiary/aromatic N) is 2. The van der Waals surface area contributed by atoms with Crippen LogP contribution in [-0.4, -0.2) is 37.7 Å². The highest BCUT2D eigenvalue weighted by Gasteiger charge is 2.17. The van der Waals surface area contributed by atoms with Crippen LogP contribution in [0.5, 0.6) is 0 Å². The first-order valence-electron chi connectivity index (χ1n) is 8.59. The Labute approximate surface area is 168 Å². The van der Waals surface area contributed by atoms with Crippen LogP contribution in [0.4, 0.5) is 0 Å². The van der Waals surface area contributed by atoms with E-state index in [-0.39, 0.29) is 10.8 Å². The van der Waals surface area contributed by atoms with Gasteiger partial charge in [-0.2, -0.15) is 0 Å². The maximum Gasteiger partial charge on any atom is 0.251 e. The van der Waals surface area contributed by atoms with Gasteiger partial charge in [0.2, 0.25) is 10.0 Å². The van der Waals surface area contributed by atoms with Crippen LogP contribution in [0.15, 0.2) is 58.8 Å². The van der Waals surface area contributed by atoms with Crippen molar-refractivity contribution >= 4 is 27.3 Å². The molecular weight excluding hydrogens is 394 g/mol. The zero-order valence-electron chi connectivity index (χ0n) is 15.8. The molecule has 146 valence electrons. The zero-order valence-corrected chi connectivity index (χ0v) is 17.5. The van der Waals surface area contributed by atoms with Gasteiger partial charge in [0.25, 0.3) is 5.91 Å². The van der Waals surface area contributed by atoms with Crippen molar-refractivity contribution in [3.63, 3.8) is 0 Å². The fourth-order valence-corrected chi connectivity index (χ4v) is 4.09. The number of carbonyl (C=O) groups is 1. The van der Waals surface area contributed by atoms with Crippen molar-refractivity contribution in [2.45, 2.75) is 18.4 Å². The second-order valence-electron chi connectivity index (χ2n) is 6.44. The third-order valence-electron chi connectivity index (χ3n) is 4.22. The first-order valence-corrected chi connectivity index (χ1v) is 10.9. The first kappa shape index (κ1) is 20.2. The van der Waals surface area contributed by atoms with Gasteiger partial charge in [0.1, 0.15) is 0 Å². The van der Waals surface area contributed by atoms with Crippen LogP contribution in [0.25, 0.3) is 11.3 Å². The summed E-state index contributed by atoms with van der Waals surface area (Å²) < 4.78 is 25.3. The number of aryl methyl sites for hydroxylation is 1. The maximum atomic E-state index is 12.3. The number of nitrogens with one attached hydrogen (secondary N) is 1. The summed E-state index contributed by atoms with van der Waals surface area (Å²) in [6.07, 6.45) is 0. The summed E-state index contributed by atoms with van der Waals surface area (Å²) in [6.45, 7) is 2.35.